The standard InChI is InChI=1S/C71H126O6/c1-4-7-10-13-16-19-22-25-28-31-33-35-37-40-43-46-49-52-55-58-61-64-70(73)76-67-68(66-75-69(72)63-60-57-54-51-48-45-42-39-30-27-24-21-18-15-12-9-6-3)77-71(74)65-62-59-56-53-50-47-44-41-38-36-34-32-29-26-23-20-17-14-11-8-5-2/h9,12,18,21,25-30,42,45,68H,4-8,10-11,13-17,19-20,22-24,31-41,43-44,46-67H2,1-3H3/b12-9-,21-18-,28-25-,29-26-,30-27-,45-42-/t68-/m1/s1. The molecule has 0 unspecified atom stereocenters. The predicted octanol–water partition coefficient (Wildman–Crippen LogP) is 22.9. The maximum atomic E-state index is 12.9. The third-order valence-corrected chi connectivity index (χ3v) is 14.7. The summed E-state index contributed by atoms with van der Waals surface area (Å²) in [5.41, 5.74) is 0. The number of esters is 3. The van der Waals surface area contributed by atoms with Gasteiger partial charge in [-0.2, -0.15) is 0 Å². The molecule has 0 fully saturated rings. The molecule has 0 saturated carbocycles. The van der Waals surface area contributed by atoms with Crippen LogP contribution in [0.5, 0.6) is 0 Å². The van der Waals surface area contributed by atoms with Crippen LogP contribution in [0.1, 0.15) is 342 Å². The van der Waals surface area contributed by atoms with E-state index < -0.39 is 6.10 Å². The summed E-state index contributed by atoms with van der Waals surface area (Å²) in [6.45, 7) is 6.55. The minimum atomic E-state index is -0.788. The van der Waals surface area contributed by atoms with Crippen molar-refractivity contribution < 1.29 is 28.6 Å². The van der Waals surface area contributed by atoms with Gasteiger partial charge < -0.3 is 14.2 Å². The Labute approximate surface area is 478 Å². The van der Waals surface area contributed by atoms with Crippen LogP contribution in [0.3, 0.4) is 0 Å². The van der Waals surface area contributed by atoms with Crippen molar-refractivity contribution in [1.29, 1.82) is 0 Å². The lowest BCUT2D eigenvalue weighted by Gasteiger charge is -2.18. The number of rotatable bonds is 61. The minimum absolute atomic E-state index is 0.0819. The first-order valence-corrected chi connectivity index (χ1v) is 33.4. The SMILES string of the molecule is CC/C=C\C/C=C\C/C=C\C/C=C\CCCCCCC(=O)OC[C@H](COC(=O)CCCCCCCCCCCCC/C=C\CCCCCCCC)OC(=O)CCCCCCCCCCCCC/C=C\CCCCCCCC. The molecule has 0 radical (unpaired) electrons. The van der Waals surface area contributed by atoms with Crippen LogP contribution in [0.4, 0.5) is 0 Å². The first kappa shape index (κ1) is 73.8. The zero-order chi connectivity index (χ0) is 55.7. The topological polar surface area (TPSA) is 78.9 Å². The van der Waals surface area contributed by atoms with E-state index in [-0.39, 0.29) is 31.1 Å². The van der Waals surface area contributed by atoms with Crippen molar-refractivity contribution >= 4 is 17.9 Å². The van der Waals surface area contributed by atoms with E-state index in [0.717, 1.165) is 96.3 Å². The fraction of sp³-hybridized carbons (Fsp3) is 0.789. The van der Waals surface area contributed by atoms with Gasteiger partial charge in [0.15, 0.2) is 6.10 Å². The van der Waals surface area contributed by atoms with Gasteiger partial charge in [-0.1, -0.05) is 286 Å². The van der Waals surface area contributed by atoms with Crippen LogP contribution in [-0.2, 0) is 28.6 Å². The summed E-state index contributed by atoms with van der Waals surface area (Å²) in [5.74, 6) is -0.890. The molecule has 0 bridgehead atoms. The van der Waals surface area contributed by atoms with Gasteiger partial charge in [0.25, 0.3) is 0 Å². The molecular formula is C71H126O6. The van der Waals surface area contributed by atoms with Crippen molar-refractivity contribution in [3.8, 4) is 0 Å². The van der Waals surface area contributed by atoms with E-state index in [2.05, 4.69) is 93.7 Å². The van der Waals surface area contributed by atoms with Crippen LogP contribution in [0.15, 0.2) is 72.9 Å². The van der Waals surface area contributed by atoms with Crippen LogP contribution in [0.2, 0.25) is 0 Å². The van der Waals surface area contributed by atoms with Crippen molar-refractivity contribution in [3.63, 3.8) is 0 Å². The van der Waals surface area contributed by atoms with Gasteiger partial charge in [-0.05, 0) is 109 Å². The summed E-state index contributed by atoms with van der Waals surface area (Å²) in [7, 11) is 0. The molecule has 0 aromatic carbocycles. The van der Waals surface area contributed by atoms with Crippen LogP contribution < -0.4 is 0 Å². The number of carbonyl (C=O) groups excluding carboxylic acids is 3. The Morgan fingerprint density at radius 1 is 0.273 bits per heavy atom. The van der Waals surface area contributed by atoms with Gasteiger partial charge in [0.05, 0.1) is 0 Å². The Morgan fingerprint density at radius 3 is 0.805 bits per heavy atom. The second kappa shape index (κ2) is 65.4. The zero-order valence-electron chi connectivity index (χ0n) is 51.2. The molecule has 6 nitrogen and oxygen atoms in total. The molecule has 0 aliphatic rings. The zero-order valence-corrected chi connectivity index (χ0v) is 51.2. The lowest BCUT2D eigenvalue weighted by Crippen LogP contribution is -2.30. The van der Waals surface area contributed by atoms with Gasteiger partial charge in [0, 0.05) is 19.3 Å². The molecular weight excluding hydrogens is 949 g/mol. The highest BCUT2D eigenvalue weighted by Crippen LogP contribution is 2.17. The average Bonchev–Trinajstić information content (AvgIpc) is 3.43. The second-order valence-electron chi connectivity index (χ2n) is 22.3. The molecule has 1 atom stereocenters. The quantitative estimate of drug-likeness (QED) is 0.0261. The van der Waals surface area contributed by atoms with E-state index in [4.69, 9.17) is 14.2 Å². The summed E-state index contributed by atoms with van der Waals surface area (Å²) in [4.78, 5) is 38.4. The number of ether oxygens (including phenoxy) is 3. The fourth-order valence-corrected chi connectivity index (χ4v) is 9.66. The number of hydrogen-bond donors (Lipinski definition) is 0. The molecule has 0 aromatic rings. The van der Waals surface area contributed by atoms with Crippen molar-refractivity contribution in [2.45, 2.75) is 348 Å². The maximum Gasteiger partial charge on any atom is 0.306 e. The van der Waals surface area contributed by atoms with Gasteiger partial charge in [-0.15, -0.1) is 0 Å². The first-order chi connectivity index (χ1) is 38.0. The van der Waals surface area contributed by atoms with Crippen LogP contribution in [0, 0.1) is 0 Å². The molecule has 0 aliphatic carbocycles. The molecule has 77 heavy (non-hydrogen) atoms. The van der Waals surface area contributed by atoms with E-state index in [1.807, 2.05) is 0 Å². The van der Waals surface area contributed by atoms with Crippen LogP contribution in [0.25, 0.3) is 0 Å². The number of carbonyl (C=O) groups is 3. The van der Waals surface area contributed by atoms with Crippen molar-refractivity contribution in [3.05, 3.63) is 72.9 Å². The number of unbranched alkanes of at least 4 members (excludes halogenated alkanes) is 38. The Balaban J connectivity index is 4.37. The predicted molar refractivity (Wildman–Crippen MR) is 335 cm³/mol. The van der Waals surface area contributed by atoms with Gasteiger partial charge >= 0.3 is 17.9 Å². The third-order valence-electron chi connectivity index (χ3n) is 14.7. The van der Waals surface area contributed by atoms with Gasteiger partial charge in [0.2, 0.25) is 0 Å². The number of allylic oxidation sites excluding steroid dienone is 12. The largest absolute Gasteiger partial charge is 0.462 e. The monoisotopic (exact) mass is 1070 g/mol. The molecule has 0 N–H and O–H groups in total. The molecule has 0 spiro atoms. The normalized spacial score (nSPS) is 12.5. The minimum Gasteiger partial charge on any atom is -0.462 e. The molecule has 0 rings (SSSR count). The van der Waals surface area contributed by atoms with Crippen molar-refractivity contribution in [2.75, 3.05) is 13.2 Å². The summed E-state index contributed by atoms with van der Waals surface area (Å²) in [5, 5.41) is 0. The Hall–Kier alpha value is -3.15. The van der Waals surface area contributed by atoms with Crippen LogP contribution >= 0.6 is 0 Å². The molecule has 6 heteroatoms. The Morgan fingerprint density at radius 2 is 0.506 bits per heavy atom. The molecule has 0 aromatic heterocycles. The maximum absolute atomic E-state index is 12.9. The summed E-state index contributed by atoms with van der Waals surface area (Å²) in [6.07, 6.45) is 84.8. The molecule has 446 valence electrons. The summed E-state index contributed by atoms with van der Waals surface area (Å²) in [6, 6.07) is 0. The molecule has 0 amide bonds. The first-order valence-electron chi connectivity index (χ1n) is 33.4. The highest BCUT2D eigenvalue weighted by Gasteiger charge is 2.19. The summed E-state index contributed by atoms with van der Waals surface area (Å²) < 4.78 is 17.0. The molecule has 0 aliphatic heterocycles. The average molecular weight is 1080 g/mol. The Kier molecular flexibility index (Phi) is 62.7. The highest BCUT2D eigenvalue weighted by atomic mass is 16.6. The fourth-order valence-electron chi connectivity index (χ4n) is 9.66. The number of hydrogen-bond acceptors (Lipinski definition) is 6. The van der Waals surface area contributed by atoms with Crippen LogP contribution in [-0.4, -0.2) is 37.2 Å². The lowest BCUT2D eigenvalue weighted by molar-refractivity contribution is -0.167. The van der Waals surface area contributed by atoms with Crippen molar-refractivity contribution in [1.82, 2.24) is 0 Å². The van der Waals surface area contributed by atoms with E-state index in [1.54, 1.807) is 0 Å². The third kappa shape index (κ3) is 63.6. The molecule has 0 saturated heterocycles. The lowest BCUT2D eigenvalue weighted by atomic mass is 10.0. The van der Waals surface area contributed by atoms with E-state index in [1.165, 1.54) is 205 Å². The van der Waals surface area contributed by atoms with Crippen molar-refractivity contribution in [2.24, 2.45) is 0 Å². The van der Waals surface area contributed by atoms with Gasteiger partial charge in [-0.25, -0.2) is 0 Å². The highest BCUT2D eigenvalue weighted by molar-refractivity contribution is 5.71. The van der Waals surface area contributed by atoms with E-state index >= 15 is 0 Å². The van der Waals surface area contributed by atoms with E-state index in [0.29, 0.717) is 19.3 Å². The second-order valence-corrected chi connectivity index (χ2v) is 22.3. The Bertz CT molecular complexity index is 1420. The van der Waals surface area contributed by atoms with Gasteiger partial charge in [-0.3, -0.25) is 14.4 Å². The van der Waals surface area contributed by atoms with E-state index in [9.17, 15) is 14.4 Å². The van der Waals surface area contributed by atoms with Gasteiger partial charge in [0.1, 0.15) is 13.2 Å². The summed E-state index contributed by atoms with van der Waals surface area (Å²) >= 11 is 0. The molecule has 0 heterocycles. The smallest absolute Gasteiger partial charge is 0.306 e.